The maximum Gasteiger partial charge on any atom is 0.217 e. The fraction of sp³-hybridized carbons (Fsp3) is 0.192. The van der Waals surface area contributed by atoms with E-state index in [0.717, 1.165) is 46.6 Å². The summed E-state index contributed by atoms with van der Waals surface area (Å²) in [6.45, 7) is 2.62. The highest BCUT2D eigenvalue weighted by molar-refractivity contribution is 5.94. The summed E-state index contributed by atoms with van der Waals surface area (Å²) in [5.41, 5.74) is 4.58. The van der Waals surface area contributed by atoms with Gasteiger partial charge < -0.3 is 0 Å². The quantitative estimate of drug-likeness (QED) is 0.328. The molecule has 35 heavy (non-hydrogen) atoms. The molecule has 0 bridgehead atoms. The zero-order valence-electron chi connectivity index (χ0n) is 19.3. The third-order valence-corrected chi connectivity index (χ3v) is 5.65. The zero-order valence-corrected chi connectivity index (χ0v) is 19.3. The molecule has 3 aromatic heterocycles. The van der Waals surface area contributed by atoms with Gasteiger partial charge in [0.2, 0.25) is 11.6 Å². The number of tetrazole rings is 1. The SMILES string of the molecule is CCCc1nc(C(=O)Cc2ccccc2)nn1Cc1ccc(-c2ncccc2-c2nnn[nH]2)cc1. The van der Waals surface area contributed by atoms with Crippen molar-refractivity contribution in [3.63, 3.8) is 0 Å². The Bertz CT molecular complexity index is 1410. The van der Waals surface area contributed by atoms with Gasteiger partial charge in [-0.25, -0.2) is 14.8 Å². The molecule has 9 heteroatoms. The maximum absolute atomic E-state index is 12.8. The molecular formula is C26H24N8O. The number of aryl methyl sites for hydroxylation is 1. The van der Waals surface area contributed by atoms with Gasteiger partial charge in [0.25, 0.3) is 0 Å². The molecule has 174 valence electrons. The number of carbonyl (C=O) groups excluding carboxylic acids is 1. The van der Waals surface area contributed by atoms with Crippen LogP contribution in [0.4, 0.5) is 0 Å². The van der Waals surface area contributed by atoms with Crippen LogP contribution in [0.5, 0.6) is 0 Å². The molecular weight excluding hydrogens is 440 g/mol. The summed E-state index contributed by atoms with van der Waals surface area (Å²) in [6, 6.07) is 21.6. The number of Topliss-reactive ketones (excluding diaryl/α,β-unsaturated/α-hetero) is 1. The molecule has 0 fully saturated rings. The third kappa shape index (κ3) is 5.03. The molecule has 5 aromatic rings. The predicted octanol–water partition coefficient (Wildman–Crippen LogP) is 3.95. The number of pyridine rings is 1. The predicted molar refractivity (Wildman–Crippen MR) is 130 cm³/mol. The van der Waals surface area contributed by atoms with Crippen molar-refractivity contribution < 1.29 is 4.79 Å². The fourth-order valence-electron chi connectivity index (χ4n) is 3.93. The van der Waals surface area contributed by atoms with Crippen molar-refractivity contribution in [2.75, 3.05) is 0 Å². The number of rotatable bonds is 9. The molecule has 0 spiro atoms. The Morgan fingerprint density at radius 3 is 2.54 bits per heavy atom. The lowest BCUT2D eigenvalue weighted by atomic mass is 10.0. The summed E-state index contributed by atoms with van der Waals surface area (Å²) < 4.78 is 1.84. The maximum atomic E-state index is 12.8. The smallest absolute Gasteiger partial charge is 0.217 e. The molecule has 0 aliphatic rings. The van der Waals surface area contributed by atoms with Gasteiger partial charge in [0.05, 0.1) is 12.2 Å². The molecule has 0 atom stereocenters. The van der Waals surface area contributed by atoms with E-state index in [4.69, 9.17) is 0 Å². The lowest BCUT2D eigenvalue weighted by molar-refractivity contribution is 0.0982. The van der Waals surface area contributed by atoms with Crippen molar-refractivity contribution in [1.82, 2.24) is 40.4 Å². The van der Waals surface area contributed by atoms with Crippen molar-refractivity contribution in [2.45, 2.75) is 32.7 Å². The van der Waals surface area contributed by atoms with E-state index in [1.165, 1.54) is 0 Å². The summed E-state index contributed by atoms with van der Waals surface area (Å²) in [5.74, 6) is 1.58. The van der Waals surface area contributed by atoms with E-state index in [9.17, 15) is 4.79 Å². The second-order valence-corrected chi connectivity index (χ2v) is 8.19. The summed E-state index contributed by atoms with van der Waals surface area (Å²) in [6.07, 6.45) is 3.71. The highest BCUT2D eigenvalue weighted by atomic mass is 16.1. The van der Waals surface area contributed by atoms with E-state index in [1.54, 1.807) is 6.20 Å². The number of benzene rings is 2. The van der Waals surface area contributed by atoms with Crippen molar-refractivity contribution in [3.05, 3.63) is 95.7 Å². The van der Waals surface area contributed by atoms with E-state index < -0.39 is 0 Å². The second kappa shape index (κ2) is 10.2. The fourth-order valence-corrected chi connectivity index (χ4v) is 3.93. The number of H-pyrrole nitrogens is 1. The van der Waals surface area contributed by atoms with E-state index in [-0.39, 0.29) is 18.0 Å². The average Bonchev–Trinajstić information content (AvgIpc) is 3.56. The molecule has 2 aromatic carbocycles. The molecule has 1 N–H and O–H groups in total. The highest BCUT2D eigenvalue weighted by Crippen LogP contribution is 2.27. The van der Waals surface area contributed by atoms with Crippen LogP contribution in [0, 0.1) is 0 Å². The van der Waals surface area contributed by atoms with E-state index in [2.05, 4.69) is 42.6 Å². The molecule has 0 unspecified atom stereocenters. The van der Waals surface area contributed by atoms with Crippen LogP contribution < -0.4 is 0 Å². The van der Waals surface area contributed by atoms with Crippen molar-refractivity contribution in [3.8, 4) is 22.6 Å². The molecule has 0 aliphatic carbocycles. The summed E-state index contributed by atoms with van der Waals surface area (Å²) in [5, 5.41) is 18.7. The third-order valence-electron chi connectivity index (χ3n) is 5.65. The summed E-state index contributed by atoms with van der Waals surface area (Å²) >= 11 is 0. The van der Waals surface area contributed by atoms with Crippen molar-refractivity contribution in [2.24, 2.45) is 0 Å². The molecule has 5 rings (SSSR count). The number of nitrogens with zero attached hydrogens (tertiary/aromatic N) is 7. The van der Waals surface area contributed by atoms with Gasteiger partial charge in [-0.3, -0.25) is 9.78 Å². The number of aromatic nitrogens is 8. The summed E-state index contributed by atoms with van der Waals surface area (Å²) in [4.78, 5) is 21.9. The number of hydrogen-bond acceptors (Lipinski definition) is 7. The van der Waals surface area contributed by atoms with Crippen molar-refractivity contribution in [1.29, 1.82) is 0 Å². The van der Waals surface area contributed by atoms with Crippen LogP contribution in [0.3, 0.4) is 0 Å². The second-order valence-electron chi connectivity index (χ2n) is 8.19. The minimum atomic E-state index is -0.0766. The Balaban J connectivity index is 1.37. The first-order chi connectivity index (χ1) is 17.2. The number of nitrogens with one attached hydrogen (secondary N) is 1. The van der Waals surface area contributed by atoms with Gasteiger partial charge in [0.1, 0.15) is 5.82 Å². The van der Waals surface area contributed by atoms with Gasteiger partial charge in [0, 0.05) is 30.2 Å². The number of hydrogen-bond donors (Lipinski definition) is 1. The molecule has 0 aliphatic heterocycles. The molecule has 0 radical (unpaired) electrons. The first-order valence-corrected chi connectivity index (χ1v) is 11.5. The van der Waals surface area contributed by atoms with Crippen LogP contribution >= 0.6 is 0 Å². The van der Waals surface area contributed by atoms with Crippen LogP contribution in [-0.2, 0) is 19.4 Å². The molecule has 0 saturated heterocycles. The van der Waals surface area contributed by atoms with Crippen LogP contribution in [-0.4, -0.2) is 46.2 Å². The van der Waals surface area contributed by atoms with Crippen LogP contribution in [0.25, 0.3) is 22.6 Å². The van der Waals surface area contributed by atoms with Crippen LogP contribution in [0.2, 0.25) is 0 Å². The minimum Gasteiger partial charge on any atom is -0.290 e. The van der Waals surface area contributed by atoms with Gasteiger partial charge in [-0.05, 0) is 40.1 Å². The highest BCUT2D eigenvalue weighted by Gasteiger charge is 2.17. The molecule has 0 saturated carbocycles. The van der Waals surface area contributed by atoms with Crippen LogP contribution in [0.15, 0.2) is 72.9 Å². The molecule has 0 amide bonds. The number of carbonyl (C=O) groups is 1. The Morgan fingerprint density at radius 1 is 0.971 bits per heavy atom. The topological polar surface area (TPSA) is 115 Å². The largest absolute Gasteiger partial charge is 0.290 e. The van der Waals surface area contributed by atoms with Gasteiger partial charge in [-0.15, -0.1) is 10.2 Å². The van der Waals surface area contributed by atoms with E-state index >= 15 is 0 Å². The Morgan fingerprint density at radius 2 is 1.80 bits per heavy atom. The van der Waals surface area contributed by atoms with Gasteiger partial charge in [0.15, 0.2) is 5.82 Å². The standard InChI is InChI=1S/C26H24N8O/c1-2-7-23-28-26(22(35)16-18-8-4-3-5-9-18)31-34(23)17-19-11-13-20(14-12-19)24-21(10-6-15-27-24)25-29-32-33-30-25/h3-6,8-15H,2,7,16-17H2,1H3,(H,29,30,32,33). The Labute approximate surface area is 202 Å². The number of aromatic amines is 1. The average molecular weight is 465 g/mol. The van der Waals surface area contributed by atoms with Crippen molar-refractivity contribution >= 4 is 5.78 Å². The number of ketones is 1. The van der Waals surface area contributed by atoms with Gasteiger partial charge in [-0.1, -0.05) is 61.5 Å². The first kappa shape index (κ1) is 22.3. The van der Waals surface area contributed by atoms with E-state index in [1.807, 2.05) is 71.4 Å². The molecule has 3 heterocycles. The van der Waals surface area contributed by atoms with Gasteiger partial charge >= 0.3 is 0 Å². The minimum absolute atomic E-state index is 0.0766. The van der Waals surface area contributed by atoms with E-state index in [0.29, 0.717) is 12.4 Å². The Hall–Kier alpha value is -4.53. The Kier molecular flexibility index (Phi) is 6.47. The monoisotopic (exact) mass is 464 g/mol. The zero-order chi connectivity index (χ0) is 24.0. The molecule has 9 nitrogen and oxygen atoms in total. The first-order valence-electron chi connectivity index (χ1n) is 11.5. The lowest BCUT2D eigenvalue weighted by Gasteiger charge is -2.08. The summed E-state index contributed by atoms with van der Waals surface area (Å²) in [7, 11) is 0. The van der Waals surface area contributed by atoms with Crippen LogP contribution in [0.1, 0.15) is 40.9 Å². The normalized spacial score (nSPS) is 11.0. The lowest BCUT2D eigenvalue weighted by Crippen LogP contribution is -2.09. The van der Waals surface area contributed by atoms with Gasteiger partial charge in [-0.2, -0.15) is 0 Å².